The Labute approximate surface area is 114 Å². The van der Waals surface area contributed by atoms with Gasteiger partial charge in [-0.05, 0) is 32.9 Å². The molecule has 0 spiro atoms. The first-order valence-electron chi connectivity index (χ1n) is 8.21. The topological polar surface area (TPSA) is 29.3 Å². The minimum atomic E-state index is 0.424. The molecule has 0 bridgehead atoms. The minimum absolute atomic E-state index is 0.424. The van der Waals surface area contributed by atoms with Crippen LogP contribution < -0.4 is 5.73 Å². The van der Waals surface area contributed by atoms with Gasteiger partial charge in [-0.3, -0.25) is 0 Å². The first-order valence-corrected chi connectivity index (χ1v) is 8.21. The molecule has 0 aliphatic heterocycles. The lowest BCUT2D eigenvalue weighted by molar-refractivity contribution is 0.166. The highest BCUT2D eigenvalue weighted by Crippen LogP contribution is 2.21. The van der Waals surface area contributed by atoms with Crippen LogP contribution in [0, 0.1) is 0 Å². The molecule has 2 atom stereocenters. The average Bonchev–Trinajstić information content (AvgIpc) is 2.38. The standard InChI is InChI=1S/C16H34N2/c1-3-4-5-6-7-8-11-14-18(2)16-13-10-9-12-15(16)17/h15-16H,3-14,17H2,1-2H3. The maximum Gasteiger partial charge on any atom is 0.0244 e. The SMILES string of the molecule is CCCCCCCCCN(C)C1CCCCC1N. The van der Waals surface area contributed by atoms with Crippen molar-refractivity contribution in [2.45, 2.75) is 89.6 Å². The van der Waals surface area contributed by atoms with Gasteiger partial charge in [-0.25, -0.2) is 0 Å². The van der Waals surface area contributed by atoms with Gasteiger partial charge in [0.25, 0.3) is 0 Å². The Morgan fingerprint density at radius 3 is 2.22 bits per heavy atom. The van der Waals surface area contributed by atoms with Crippen molar-refractivity contribution in [2.24, 2.45) is 5.73 Å². The van der Waals surface area contributed by atoms with E-state index in [1.165, 1.54) is 77.2 Å². The molecule has 0 aromatic heterocycles. The fourth-order valence-electron chi connectivity index (χ4n) is 3.17. The molecule has 0 heterocycles. The van der Waals surface area contributed by atoms with Crippen molar-refractivity contribution in [3.63, 3.8) is 0 Å². The van der Waals surface area contributed by atoms with Crippen molar-refractivity contribution in [1.29, 1.82) is 0 Å². The van der Waals surface area contributed by atoms with E-state index >= 15 is 0 Å². The summed E-state index contributed by atoms with van der Waals surface area (Å²) >= 11 is 0. The number of likely N-dealkylation sites (N-methyl/N-ethyl adjacent to an activating group) is 1. The summed E-state index contributed by atoms with van der Waals surface area (Å²) in [6, 6.07) is 1.08. The molecule has 0 amide bonds. The summed E-state index contributed by atoms with van der Waals surface area (Å²) in [5.41, 5.74) is 6.22. The van der Waals surface area contributed by atoms with Crippen LogP contribution in [-0.4, -0.2) is 30.6 Å². The van der Waals surface area contributed by atoms with Crippen molar-refractivity contribution in [2.75, 3.05) is 13.6 Å². The number of hydrogen-bond donors (Lipinski definition) is 1. The molecule has 2 nitrogen and oxygen atoms in total. The molecule has 0 aromatic carbocycles. The van der Waals surface area contributed by atoms with Gasteiger partial charge in [0.2, 0.25) is 0 Å². The fraction of sp³-hybridized carbons (Fsp3) is 1.00. The Balaban J connectivity index is 2.00. The van der Waals surface area contributed by atoms with Crippen LogP contribution in [0.4, 0.5) is 0 Å². The fourth-order valence-corrected chi connectivity index (χ4v) is 3.17. The Bertz CT molecular complexity index is 194. The maximum atomic E-state index is 6.22. The zero-order valence-corrected chi connectivity index (χ0v) is 12.7. The zero-order chi connectivity index (χ0) is 13.2. The van der Waals surface area contributed by atoms with Crippen molar-refractivity contribution >= 4 is 0 Å². The Hall–Kier alpha value is -0.0800. The van der Waals surface area contributed by atoms with E-state index < -0.39 is 0 Å². The molecule has 0 radical (unpaired) electrons. The van der Waals surface area contributed by atoms with E-state index in [9.17, 15) is 0 Å². The first-order chi connectivity index (χ1) is 8.75. The molecular formula is C16H34N2. The third-order valence-electron chi connectivity index (χ3n) is 4.46. The third kappa shape index (κ3) is 6.19. The Morgan fingerprint density at radius 1 is 0.944 bits per heavy atom. The predicted molar refractivity (Wildman–Crippen MR) is 80.9 cm³/mol. The largest absolute Gasteiger partial charge is 0.326 e. The molecule has 2 heteroatoms. The lowest BCUT2D eigenvalue weighted by atomic mass is 9.90. The predicted octanol–water partition coefficient (Wildman–Crippen LogP) is 3.94. The summed E-state index contributed by atoms with van der Waals surface area (Å²) in [6.07, 6.45) is 15.1. The molecule has 1 rings (SSSR count). The number of unbranched alkanes of at least 4 members (excludes halogenated alkanes) is 6. The number of hydrogen-bond acceptors (Lipinski definition) is 2. The molecule has 1 aliphatic rings. The van der Waals surface area contributed by atoms with Crippen molar-refractivity contribution in [3.05, 3.63) is 0 Å². The Kier molecular flexibility index (Phi) is 8.70. The monoisotopic (exact) mass is 254 g/mol. The summed E-state index contributed by atoms with van der Waals surface area (Å²) in [5, 5.41) is 0. The van der Waals surface area contributed by atoms with Gasteiger partial charge in [0.05, 0.1) is 0 Å². The lowest BCUT2D eigenvalue weighted by Crippen LogP contribution is -2.48. The molecule has 1 fully saturated rings. The quantitative estimate of drug-likeness (QED) is 0.632. The summed E-state index contributed by atoms with van der Waals surface area (Å²) in [5.74, 6) is 0. The average molecular weight is 254 g/mol. The van der Waals surface area contributed by atoms with Gasteiger partial charge >= 0.3 is 0 Å². The van der Waals surface area contributed by atoms with Crippen molar-refractivity contribution < 1.29 is 0 Å². The molecule has 2 unspecified atom stereocenters. The van der Waals surface area contributed by atoms with E-state index in [-0.39, 0.29) is 0 Å². The Morgan fingerprint density at radius 2 is 1.56 bits per heavy atom. The summed E-state index contributed by atoms with van der Waals surface area (Å²) < 4.78 is 0. The van der Waals surface area contributed by atoms with Crippen LogP contribution in [0.3, 0.4) is 0 Å². The molecule has 0 aromatic rings. The zero-order valence-electron chi connectivity index (χ0n) is 12.7. The van der Waals surface area contributed by atoms with Crippen LogP contribution in [0.1, 0.15) is 77.6 Å². The van der Waals surface area contributed by atoms with Gasteiger partial charge in [0.15, 0.2) is 0 Å². The highest BCUT2D eigenvalue weighted by atomic mass is 15.1. The molecule has 1 aliphatic carbocycles. The molecule has 108 valence electrons. The second-order valence-corrected chi connectivity index (χ2v) is 6.12. The smallest absolute Gasteiger partial charge is 0.0244 e. The molecule has 2 N–H and O–H groups in total. The van der Waals surface area contributed by atoms with Gasteiger partial charge in [-0.2, -0.15) is 0 Å². The third-order valence-corrected chi connectivity index (χ3v) is 4.46. The van der Waals surface area contributed by atoms with Crippen LogP contribution in [0.15, 0.2) is 0 Å². The summed E-state index contributed by atoms with van der Waals surface area (Å²) in [7, 11) is 2.27. The van der Waals surface area contributed by atoms with Gasteiger partial charge in [-0.1, -0.05) is 58.3 Å². The van der Waals surface area contributed by atoms with Crippen LogP contribution in [0.5, 0.6) is 0 Å². The molecule has 1 saturated carbocycles. The maximum absolute atomic E-state index is 6.22. The molecule has 18 heavy (non-hydrogen) atoms. The van der Waals surface area contributed by atoms with E-state index in [2.05, 4.69) is 18.9 Å². The van der Waals surface area contributed by atoms with Gasteiger partial charge in [0.1, 0.15) is 0 Å². The van der Waals surface area contributed by atoms with Gasteiger partial charge in [0, 0.05) is 12.1 Å². The van der Waals surface area contributed by atoms with E-state index in [1.54, 1.807) is 0 Å². The number of nitrogens with two attached hydrogens (primary N) is 1. The molecule has 0 saturated heterocycles. The summed E-state index contributed by atoms with van der Waals surface area (Å²) in [6.45, 7) is 3.52. The first kappa shape index (κ1) is 16.0. The highest BCUT2D eigenvalue weighted by molar-refractivity contribution is 4.84. The number of nitrogens with zero attached hydrogens (tertiary/aromatic N) is 1. The molecular weight excluding hydrogens is 220 g/mol. The van der Waals surface area contributed by atoms with E-state index in [1.807, 2.05) is 0 Å². The summed E-state index contributed by atoms with van der Waals surface area (Å²) in [4.78, 5) is 2.52. The van der Waals surface area contributed by atoms with Crippen molar-refractivity contribution in [3.8, 4) is 0 Å². The van der Waals surface area contributed by atoms with Crippen LogP contribution in [0.25, 0.3) is 0 Å². The normalized spacial score (nSPS) is 24.7. The number of rotatable bonds is 9. The van der Waals surface area contributed by atoms with E-state index in [0.717, 1.165) is 0 Å². The second-order valence-electron chi connectivity index (χ2n) is 6.12. The highest BCUT2D eigenvalue weighted by Gasteiger charge is 2.24. The second kappa shape index (κ2) is 9.80. The van der Waals surface area contributed by atoms with E-state index in [4.69, 9.17) is 5.73 Å². The van der Waals surface area contributed by atoms with Crippen LogP contribution in [0.2, 0.25) is 0 Å². The van der Waals surface area contributed by atoms with Crippen LogP contribution >= 0.6 is 0 Å². The van der Waals surface area contributed by atoms with Gasteiger partial charge < -0.3 is 10.6 Å². The van der Waals surface area contributed by atoms with E-state index in [0.29, 0.717) is 12.1 Å². The van der Waals surface area contributed by atoms with Crippen LogP contribution in [-0.2, 0) is 0 Å². The van der Waals surface area contributed by atoms with Crippen molar-refractivity contribution in [1.82, 2.24) is 4.90 Å². The lowest BCUT2D eigenvalue weighted by Gasteiger charge is -2.36. The minimum Gasteiger partial charge on any atom is -0.326 e. The van der Waals surface area contributed by atoms with Gasteiger partial charge in [-0.15, -0.1) is 0 Å².